The Hall–Kier alpha value is -0.840. The fraction of sp³-hybridized carbons (Fsp3) is 0.357. The Morgan fingerprint density at radius 3 is 2.78 bits per heavy atom. The van der Waals surface area contributed by atoms with E-state index in [1.165, 1.54) is 28.2 Å². The van der Waals surface area contributed by atoms with Crippen LogP contribution in [0.1, 0.15) is 17.7 Å². The highest BCUT2D eigenvalue weighted by molar-refractivity contribution is 7.98. The predicted molar refractivity (Wildman–Crippen MR) is 79.2 cm³/mol. The molecule has 1 aliphatic carbocycles. The van der Waals surface area contributed by atoms with E-state index in [0.29, 0.717) is 0 Å². The van der Waals surface area contributed by atoms with E-state index in [4.69, 9.17) is 0 Å². The highest BCUT2D eigenvalue weighted by Gasteiger charge is 2.20. The highest BCUT2D eigenvalue weighted by atomic mass is 32.2. The Bertz CT molecular complexity index is 515. The van der Waals surface area contributed by atoms with Gasteiger partial charge in [0.25, 0.3) is 0 Å². The molecule has 1 heterocycles. The summed E-state index contributed by atoms with van der Waals surface area (Å²) in [7, 11) is 0. The van der Waals surface area contributed by atoms with Gasteiger partial charge in [-0.15, -0.1) is 23.1 Å². The van der Waals surface area contributed by atoms with Crippen molar-refractivity contribution in [3.63, 3.8) is 0 Å². The van der Waals surface area contributed by atoms with Gasteiger partial charge in [0, 0.05) is 34.1 Å². The van der Waals surface area contributed by atoms with E-state index in [1.54, 1.807) is 23.1 Å². The van der Waals surface area contributed by atoms with E-state index in [9.17, 15) is 0 Å². The SMILES string of the molecule is CSc1ccc(-c2ncc(CNC3CC3)s2)cc1. The molecule has 1 saturated carbocycles. The number of rotatable bonds is 5. The van der Waals surface area contributed by atoms with Crippen LogP contribution in [-0.4, -0.2) is 17.3 Å². The number of hydrogen-bond donors (Lipinski definition) is 1. The van der Waals surface area contributed by atoms with E-state index < -0.39 is 0 Å². The average molecular weight is 276 g/mol. The third-order valence-corrected chi connectivity index (χ3v) is 4.82. The number of hydrogen-bond acceptors (Lipinski definition) is 4. The van der Waals surface area contributed by atoms with Crippen LogP contribution in [0.3, 0.4) is 0 Å². The Balaban J connectivity index is 1.70. The molecule has 2 nitrogen and oxygen atoms in total. The first kappa shape index (κ1) is 12.2. The van der Waals surface area contributed by atoms with Crippen molar-refractivity contribution < 1.29 is 0 Å². The van der Waals surface area contributed by atoms with E-state index in [2.05, 4.69) is 40.8 Å². The molecule has 0 radical (unpaired) electrons. The summed E-state index contributed by atoms with van der Waals surface area (Å²) in [5, 5.41) is 4.64. The molecule has 0 spiro atoms. The number of benzene rings is 1. The molecule has 1 fully saturated rings. The molecule has 4 heteroatoms. The monoisotopic (exact) mass is 276 g/mol. The molecule has 0 atom stereocenters. The van der Waals surface area contributed by atoms with Crippen LogP contribution in [0.5, 0.6) is 0 Å². The average Bonchev–Trinajstić information content (AvgIpc) is 3.14. The minimum Gasteiger partial charge on any atom is -0.309 e. The second-order valence-corrected chi connectivity index (χ2v) is 6.51. The van der Waals surface area contributed by atoms with Gasteiger partial charge in [0.15, 0.2) is 0 Å². The van der Waals surface area contributed by atoms with Crippen molar-refractivity contribution in [1.29, 1.82) is 0 Å². The fourth-order valence-corrected chi connectivity index (χ4v) is 3.07. The molecule has 3 rings (SSSR count). The minimum atomic E-state index is 0.761. The summed E-state index contributed by atoms with van der Waals surface area (Å²) in [6.07, 6.45) is 6.77. The van der Waals surface area contributed by atoms with Crippen molar-refractivity contribution in [2.45, 2.75) is 30.3 Å². The van der Waals surface area contributed by atoms with Crippen LogP contribution in [0, 0.1) is 0 Å². The van der Waals surface area contributed by atoms with Crippen molar-refractivity contribution in [3.8, 4) is 10.6 Å². The lowest BCUT2D eigenvalue weighted by atomic mass is 10.2. The molecule has 0 unspecified atom stereocenters. The van der Waals surface area contributed by atoms with Crippen molar-refractivity contribution in [3.05, 3.63) is 35.3 Å². The largest absolute Gasteiger partial charge is 0.309 e. The first-order valence-electron chi connectivity index (χ1n) is 6.17. The lowest BCUT2D eigenvalue weighted by molar-refractivity contribution is 0.694. The molecule has 2 aromatic rings. The topological polar surface area (TPSA) is 24.9 Å². The number of nitrogens with zero attached hydrogens (tertiary/aromatic N) is 1. The van der Waals surface area contributed by atoms with Crippen LogP contribution in [0.4, 0.5) is 0 Å². The third kappa shape index (κ3) is 2.94. The summed E-state index contributed by atoms with van der Waals surface area (Å²) in [6.45, 7) is 0.964. The summed E-state index contributed by atoms with van der Waals surface area (Å²) in [4.78, 5) is 7.13. The van der Waals surface area contributed by atoms with Crippen LogP contribution in [0.15, 0.2) is 35.4 Å². The maximum atomic E-state index is 4.51. The summed E-state index contributed by atoms with van der Waals surface area (Å²) in [5.74, 6) is 0. The second kappa shape index (κ2) is 5.43. The van der Waals surface area contributed by atoms with Gasteiger partial charge in [-0.3, -0.25) is 0 Å². The summed E-state index contributed by atoms with van der Waals surface area (Å²) in [6, 6.07) is 9.38. The maximum absolute atomic E-state index is 4.51. The van der Waals surface area contributed by atoms with Gasteiger partial charge in [0.1, 0.15) is 5.01 Å². The zero-order valence-corrected chi connectivity index (χ0v) is 12.0. The number of aromatic nitrogens is 1. The maximum Gasteiger partial charge on any atom is 0.123 e. The van der Waals surface area contributed by atoms with E-state index in [1.807, 2.05) is 6.20 Å². The van der Waals surface area contributed by atoms with E-state index >= 15 is 0 Å². The van der Waals surface area contributed by atoms with Crippen LogP contribution in [0.2, 0.25) is 0 Å². The summed E-state index contributed by atoms with van der Waals surface area (Å²) in [5.41, 5.74) is 1.22. The van der Waals surface area contributed by atoms with Crippen molar-refractivity contribution in [2.75, 3.05) is 6.26 Å². The quantitative estimate of drug-likeness (QED) is 0.841. The molecule has 1 aromatic heterocycles. The molecule has 1 aliphatic rings. The second-order valence-electron chi connectivity index (χ2n) is 4.52. The van der Waals surface area contributed by atoms with Gasteiger partial charge in [-0.25, -0.2) is 4.98 Å². The van der Waals surface area contributed by atoms with Crippen molar-refractivity contribution in [2.24, 2.45) is 0 Å². The lowest BCUT2D eigenvalue weighted by Crippen LogP contribution is -2.14. The molecule has 0 saturated heterocycles. The molecule has 0 aliphatic heterocycles. The zero-order valence-electron chi connectivity index (χ0n) is 10.3. The Kier molecular flexibility index (Phi) is 3.68. The molecule has 94 valence electrons. The lowest BCUT2D eigenvalue weighted by Gasteiger charge is -1.99. The van der Waals surface area contributed by atoms with E-state index in [-0.39, 0.29) is 0 Å². The van der Waals surface area contributed by atoms with Crippen LogP contribution >= 0.6 is 23.1 Å². The van der Waals surface area contributed by atoms with E-state index in [0.717, 1.165) is 17.6 Å². The molecule has 0 amide bonds. The molecule has 18 heavy (non-hydrogen) atoms. The molecular formula is C14H16N2S2. The van der Waals surface area contributed by atoms with Gasteiger partial charge in [0.05, 0.1) is 0 Å². The van der Waals surface area contributed by atoms with Gasteiger partial charge < -0.3 is 5.32 Å². The van der Waals surface area contributed by atoms with Gasteiger partial charge in [0.2, 0.25) is 0 Å². The van der Waals surface area contributed by atoms with Crippen LogP contribution < -0.4 is 5.32 Å². The smallest absolute Gasteiger partial charge is 0.123 e. The van der Waals surface area contributed by atoms with Crippen molar-refractivity contribution >= 4 is 23.1 Å². The summed E-state index contributed by atoms with van der Waals surface area (Å²) >= 11 is 3.56. The molecule has 1 N–H and O–H groups in total. The van der Waals surface area contributed by atoms with Gasteiger partial charge in [-0.1, -0.05) is 12.1 Å². The zero-order chi connectivity index (χ0) is 12.4. The van der Waals surface area contributed by atoms with Gasteiger partial charge in [-0.2, -0.15) is 0 Å². The third-order valence-electron chi connectivity index (χ3n) is 3.03. The predicted octanol–water partition coefficient (Wildman–Crippen LogP) is 3.78. The molecular weight excluding hydrogens is 260 g/mol. The minimum absolute atomic E-state index is 0.761. The number of thiazole rings is 1. The number of nitrogens with one attached hydrogen (secondary N) is 1. The van der Waals surface area contributed by atoms with Gasteiger partial charge >= 0.3 is 0 Å². The standard InChI is InChI=1S/C14H16N2S2/c1-17-12-6-2-10(3-7-12)14-16-9-13(18-14)8-15-11-4-5-11/h2-3,6-7,9,11,15H,4-5,8H2,1H3. The Morgan fingerprint density at radius 1 is 1.33 bits per heavy atom. The molecule has 0 bridgehead atoms. The van der Waals surface area contributed by atoms with Crippen LogP contribution in [-0.2, 0) is 6.54 Å². The van der Waals surface area contributed by atoms with Gasteiger partial charge in [-0.05, 0) is 31.2 Å². The van der Waals surface area contributed by atoms with Crippen molar-refractivity contribution in [1.82, 2.24) is 10.3 Å². The first-order chi connectivity index (χ1) is 8.85. The first-order valence-corrected chi connectivity index (χ1v) is 8.22. The molecule has 1 aromatic carbocycles. The van der Waals surface area contributed by atoms with Crippen LogP contribution in [0.25, 0.3) is 10.6 Å². The number of thioether (sulfide) groups is 1. The fourth-order valence-electron chi connectivity index (χ4n) is 1.79. The normalized spacial score (nSPS) is 14.9. The Morgan fingerprint density at radius 2 is 2.11 bits per heavy atom. The highest BCUT2D eigenvalue weighted by Crippen LogP contribution is 2.27. The Labute approximate surface area is 116 Å². The summed E-state index contributed by atoms with van der Waals surface area (Å²) < 4.78 is 0.